The zero-order valence-electron chi connectivity index (χ0n) is 11.4. The molecule has 2 bridgehead atoms. The predicted molar refractivity (Wildman–Crippen MR) is 68.3 cm³/mol. The number of carbonyl (C=O) groups excluding carboxylic acids is 2. The molecule has 0 saturated heterocycles. The first-order valence-electron chi connectivity index (χ1n) is 6.29. The van der Waals surface area contributed by atoms with Gasteiger partial charge in [0.2, 0.25) is 11.5 Å². The molecule has 3 heterocycles. The van der Waals surface area contributed by atoms with Gasteiger partial charge in [-0.25, -0.2) is 4.79 Å². The molecular weight excluding hydrogens is 264 g/mol. The number of hydrogen-bond donors (Lipinski definition) is 0. The van der Waals surface area contributed by atoms with Crippen LogP contribution in [0.25, 0.3) is 11.2 Å². The molecular formula is C14H14O6. The highest BCUT2D eigenvalue weighted by molar-refractivity contribution is 6.10. The lowest BCUT2D eigenvalue weighted by molar-refractivity contribution is -0.153. The van der Waals surface area contributed by atoms with Gasteiger partial charge in [-0.2, -0.15) is 0 Å². The van der Waals surface area contributed by atoms with E-state index >= 15 is 0 Å². The maximum atomic E-state index is 11.6. The maximum absolute atomic E-state index is 11.6. The molecule has 6 nitrogen and oxygen atoms in total. The van der Waals surface area contributed by atoms with E-state index in [0.717, 1.165) is 0 Å². The predicted octanol–water partition coefficient (Wildman–Crippen LogP) is 2.37. The molecule has 0 aliphatic carbocycles. The molecule has 0 amide bonds. The molecule has 0 N–H and O–H groups in total. The monoisotopic (exact) mass is 278 g/mol. The van der Waals surface area contributed by atoms with Gasteiger partial charge < -0.3 is 18.6 Å². The van der Waals surface area contributed by atoms with Crippen molar-refractivity contribution in [2.45, 2.75) is 20.8 Å². The lowest BCUT2D eigenvalue weighted by Gasteiger charge is -2.16. The van der Waals surface area contributed by atoms with Gasteiger partial charge in [-0.15, -0.1) is 0 Å². The van der Waals surface area contributed by atoms with Crippen LogP contribution in [0.2, 0.25) is 0 Å². The number of furan rings is 2. The van der Waals surface area contributed by atoms with E-state index in [1.807, 2.05) is 0 Å². The molecule has 1 aliphatic heterocycles. The molecule has 2 aromatic rings. The zero-order valence-corrected chi connectivity index (χ0v) is 11.4. The van der Waals surface area contributed by atoms with Crippen molar-refractivity contribution in [2.75, 3.05) is 13.2 Å². The van der Waals surface area contributed by atoms with Crippen LogP contribution in [0.5, 0.6) is 11.5 Å². The summed E-state index contributed by atoms with van der Waals surface area (Å²) in [6.07, 6.45) is 0. The van der Waals surface area contributed by atoms with Crippen molar-refractivity contribution in [2.24, 2.45) is 5.41 Å². The van der Waals surface area contributed by atoms with E-state index in [1.165, 1.54) is 0 Å². The average Bonchev–Trinajstić information content (AvgIpc) is 2.96. The van der Waals surface area contributed by atoms with Crippen LogP contribution in [0.1, 0.15) is 31.1 Å². The molecule has 0 aromatic carbocycles. The van der Waals surface area contributed by atoms with Crippen molar-refractivity contribution in [3.63, 3.8) is 0 Å². The van der Waals surface area contributed by atoms with Gasteiger partial charge in [-0.3, -0.25) is 4.79 Å². The molecule has 3 rings (SSSR count). The van der Waals surface area contributed by atoms with Gasteiger partial charge >= 0.3 is 11.9 Å². The summed E-state index contributed by atoms with van der Waals surface area (Å²) >= 11 is 0. The third kappa shape index (κ3) is 1.88. The SMILES string of the molecule is CC(C)(C)C(=O)OCCOc1c2c3oc1cc3C(=O)O2. The summed E-state index contributed by atoms with van der Waals surface area (Å²) in [6.45, 7) is 5.63. The fraction of sp³-hybridized carbons (Fsp3) is 0.429. The summed E-state index contributed by atoms with van der Waals surface area (Å²) in [7, 11) is 0. The second-order valence-electron chi connectivity index (χ2n) is 5.64. The summed E-state index contributed by atoms with van der Waals surface area (Å²) in [5.74, 6) is -0.00624. The van der Waals surface area contributed by atoms with Crippen molar-refractivity contribution in [3.8, 4) is 11.5 Å². The normalized spacial score (nSPS) is 13.8. The maximum Gasteiger partial charge on any atom is 0.347 e. The molecule has 0 saturated carbocycles. The molecule has 20 heavy (non-hydrogen) atoms. The van der Waals surface area contributed by atoms with Gasteiger partial charge in [0.25, 0.3) is 0 Å². The number of fused-ring (bicyclic) bond motifs is 1. The molecule has 2 aromatic heterocycles. The number of benzene rings is 1. The third-order valence-electron chi connectivity index (χ3n) is 2.96. The van der Waals surface area contributed by atoms with Gasteiger partial charge in [0, 0.05) is 6.07 Å². The highest BCUT2D eigenvalue weighted by Gasteiger charge is 2.35. The molecule has 0 fully saturated rings. The summed E-state index contributed by atoms with van der Waals surface area (Å²) in [5.41, 5.74) is 0.784. The Morgan fingerprint density at radius 2 is 2.05 bits per heavy atom. The Morgan fingerprint density at radius 3 is 2.75 bits per heavy atom. The van der Waals surface area contributed by atoms with E-state index in [9.17, 15) is 9.59 Å². The molecule has 0 spiro atoms. The minimum atomic E-state index is -0.541. The zero-order chi connectivity index (χ0) is 14.5. The molecule has 0 atom stereocenters. The van der Waals surface area contributed by atoms with Crippen LogP contribution < -0.4 is 9.47 Å². The number of hydrogen-bond acceptors (Lipinski definition) is 6. The molecule has 0 unspecified atom stereocenters. The fourth-order valence-corrected chi connectivity index (χ4v) is 1.91. The van der Waals surface area contributed by atoms with Crippen molar-refractivity contribution in [1.29, 1.82) is 0 Å². The second kappa shape index (κ2) is 4.13. The molecule has 0 radical (unpaired) electrons. The molecule has 1 aliphatic rings. The summed E-state index contributed by atoms with van der Waals surface area (Å²) in [5, 5.41) is 0. The summed E-state index contributed by atoms with van der Waals surface area (Å²) < 4.78 is 21.0. The Morgan fingerprint density at radius 1 is 1.30 bits per heavy atom. The minimum Gasteiger partial charge on any atom is -0.483 e. The van der Waals surface area contributed by atoms with E-state index in [4.69, 9.17) is 18.6 Å². The van der Waals surface area contributed by atoms with Gasteiger partial charge in [0.1, 0.15) is 18.8 Å². The lowest BCUT2D eigenvalue weighted by Crippen LogP contribution is -2.24. The van der Waals surface area contributed by atoms with Crippen molar-refractivity contribution in [3.05, 3.63) is 11.6 Å². The number of ether oxygens (including phenoxy) is 3. The highest BCUT2D eigenvalue weighted by atomic mass is 16.6. The Kier molecular flexibility index (Phi) is 2.64. The first-order chi connectivity index (χ1) is 9.38. The van der Waals surface area contributed by atoms with Gasteiger partial charge in [0.05, 0.1) is 5.41 Å². The molecule has 106 valence electrons. The smallest absolute Gasteiger partial charge is 0.347 e. The minimum absolute atomic E-state index is 0.125. The first-order valence-corrected chi connectivity index (χ1v) is 6.29. The van der Waals surface area contributed by atoms with Crippen LogP contribution in [-0.2, 0) is 9.53 Å². The van der Waals surface area contributed by atoms with Gasteiger partial charge in [-0.1, -0.05) is 0 Å². The Hall–Kier alpha value is -2.24. The second-order valence-corrected chi connectivity index (χ2v) is 5.64. The van der Waals surface area contributed by atoms with Crippen LogP contribution in [-0.4, -0.2) is 25.2 Å². The van der Waals surface area contributed by atoms with Crippen LogP contribution >= 0.6 is 0 Å². The van der Waals surface area contributed by atoms with E-state index in [2.05, 4.69) is 0 Å². The van der Waals surface area contributed by atoms with Crippen molar-refractivity contribution >= 4 is 23.1 Å². The summed E-state index contributed by atoms with van der Waals surface area (Å²) in [6, 6.07) is 1.59. The van der Waals surface area contributed by atoms with Gasteiger partial charge in [0.15, 0.2) is 11.2 Å². The topological polar surface area (TPSA) is 75.0 Å². The Balaban J connectivity index is 1.58. The van der Waals surface area contributed by atoms with Crippen LogP contribution in [0.3, 0.4) is 0 Å². The van der Waals surface area contributed by atoms with Crippen LogP contribution in [0.15, 0.2) is 10.5 Å². The van der Waals surface area contributed by atoms with Crippen molar-refractivity contribution < 1.29 is 28.2 Å². The Bertz CT molecular complexity index is 675. The first kappa shape index (κ1) is 12.8. The number of carbonyl (C=O) groups is 2. The quantitative estimate of drug-likeness (QED) is 0.631. The van der Waals surface area contributed by atoms with Crippen LogP contribution in [0, 0.1) is 5.41 Å². The van der Waals surface area contributed by atoms with Crippen LogP contribution in [0.4, 0.5) is 0 Å². The standard InChI is InChI=1S/C14H14O6/c1-14(2,3)13(16)18-5-4-17-10-8-6-7-9(19-8)11(10)20-12(7)15/h6H,4-5H2,1-3H3. The van der Waals surface area contributed by atoms with E-state index < -0.39 is 11.4 Å². The largest absolute Gasteiger partial charge is 0.483 e. The van der Waals surface area contributed by atoms with Gasteiger partial charge in [-0.05, 0) is 20.8 Å². The van der Waals surface area contributed by atoms with E-state index in [1.54, 1.807) is 26.8 Å². The van der Waals surface area contributed by atoms with E-state index in [-0.39, 0.29) is 19.2 Å². The third-order valence-corrected chi connectivity index (χ3v) is 2.96. The van der Waals surface area contributed by atoms with Crippen molar-refractivity contribution in [1.82, 2.24) is 0 Å². The lowest BCUT2D eigenvalue weighted by atomic mass is 9.97. The number of rotatable bonds is 4. The average molecular weight is 278 g/mol. The fourth-order valence-electron chi connectivity index (χ4n) is 1.91. The Labute approximate surface area is 114 Å². The summed E-state index contributed by atoms with van der Waals surface area (Å²) in [4.78, 5) is 23.0. The number of esters is 2. The highest BCUT2D eigenvalue weighted by Crippen LogP contribution is 2.48. The van der Waals surface area contributed by atoms with E-state index in [0.29, 0.717) is 28.2 Å². The molecule has 6 heteroatoms.